The third kappa shape index (κ3) is 3.20. The lowest BCUT2D eigenvalue weighted by molar-refractivity contribution is 0.954. The van der Waals surface area contributed by atoms with Crippen LogP contribution < -0.4 is 0 Å². The lowest BCUT2D eigenvalue weighted by Crippen LogP contribution is -2.08. The van der Waals surface area contributed by atoms with Crippen LogP contribution in [0.3, 0.4) is 0 Å². The molecule has 0 saturated carbocycles. The largest absolute Gasteiger partial charge is 0.160 e. The van der Waals surface area contributed by atoms with Crippen LogP contribution in [-0.2, 0) is 0 Å². The van der Waals surface area contributed by atoms with Crippen molar-refractivity contribution in [3.63, 3.8) is 0 Å². The molecule has 1 heteroatoms. The van der Waals surface area contributed by atoms with Crippen LogP contribution in [0, 0.1) is 6.92 Å². The SMILES string of the molecule is [CH2]CCCS(c1ccccc1)(c1ccccc1)c1ccccc1. The van der Waals surface area contributed by atoms with Gasteiger partial charge in [0.1, 0.15) is 0 Å². The summed E-state index contributed by atoms with van der Waals surface area (Å²) in [5, 5.41) is 0. The van der Waals surface area contributed by atoms with Gasteiger partial charge in [-0.15, -0.1) is 0 Å². The molecule has 117 valence electrons. The molecule has 0 unspecified atom stereocenters. The molecule has 0 N–H and O–H groups in total. The first-order valence-electron chi connectivity index (χ1n) is 8.13. The van der Waals surface area contributed by atoms with Crippen molar-refractivity contribution < 1.29 is 0 Å². The van der Waals surface area contributed by atoms with E-state index in [4.69, 9.17) is 0 Å². The summed E-state index contributed by atoms with van der Waals surface area (Å²) in [6.07, 6.45) is 2.11. The summed E-state index contributed by atoms with van der Waals surface area (Å²) < 4.78 is 0. The maximum absolute atomic E-state index is 4.08. The van der Waals surface area contributed by atoms with E-state index < -0.39 is 10.0 Å². The predicted octanol–water partition coefficient (Wildman–Crippen LogP) is 6.58. The number of rotatable bonds is 6. The van der Waals surface area contributed by atoms with Gasteiger partial charge in [-0.2, -0.15) is 10.0 Å². The lowest BCUT2D eigenvalue weighted by Gasteiger charge is -2.41. The molecule has 0 aromatic heterocycles. The van der Waals surface area contributed by atoms with Gasteiger partial charge in [-0.25, -0.2) is 0 Å². The number of benzene rings is 3. The van der Waals surface area contributed by atoms with Gasteiger partial charge in [-0.3, -0.25) is 0 Å². The highest BCUT2D eigenvalue weighted by Crippen LogP contribution is 2.68. The zero-order chi connectivity index (χ0) is 16.0. The molecule has 0 heterocycles. The molecule has 0 nitrogen and oxygen atoms in total. The van der Waals surface area contributed by atoms with Crippen LogP contribution in [0.15, 0.2) is 106 Å². The standard InChI is InChI=1S/C22H23S/c1-2-3-19-23(20-13-7-4-8-14-20,21-15-9-5-10-16-21)22-17-11-6-12-18-22/h4-18H,1-3,19H2. The van der Waals surface area contributed by atoms with E-state index in [0.29, 0.717) is 0 Å². The summed E-state index contributed by atoms with van der Waals surface area (Å²) in [5.74, 6) is 1.15. The summed E-state index contributed by atoms with van der Waals surface area (Å²) in [7, 11) is -1.23. The second kappa shape index (κ2) is 7.52. The summed E-state index contributed by atoms with van der Waals surface area (Å²) in [5.41, 5.74) is 0. The van der Waals surface area contributed by atoms with E-state index >= 15 is 0 Å². The van der Waals surface area contributed by atoms with Crippen LogP contribution in [0.4, 0.5) is 0 Å². The van der Waals surface area contributed by atoms with Gasteiger partial charge in [0.05, 0.1) is 0 Å². The molecule has 3 aromatic rings. The fourth-order valence-electron chi connectivity index (χ4n) is 3.04. The number of hydrogen-bond donors (Lipinski definition) is 0. The fraction of sp³-hybridized carbons (Fsp3) is 0.136. The Labute approximate surface area is 141 Å². The molecule has 0 aliphatic heterocycles. The van der Waals surface area contributed by atoms with E-state index in [1.807, 2.05) is 0 Å². The molecule has 3 rings (SSSR count). The molecular weight excluding hydrogens is 296 g/mol. The molecule has 23 heavy (non-hydrogen) atoms. The van der Waals surface area contributed by atoms with Gasteiger partial charge in [0, 0.05) is 0 Å². The summed E-state index contributed by atoms with van der Waals surface area (Å²) in [6.45, 7) is 4.08. The molecule has 0 saturated heterocycles. The Bertz CT molecular complexity index is 608. The highest BCUT2D eigenvalue weighted by atomic mass is 32.3. The Balaban J connectivity index is 2.25. The van der Waals surface area contributed by atoms with Crippen molar-refractivity contribution in [1.29, 1.82) is 0 Å². The third-order valence-electron chi connectivity index (χ3n) is 4.14. The Morgan fingerprint density at radius 3 is 1.22 bits per heavy atom. The Morgan fingerprint density at radius 1 is 0.565 bits per heavy atom. The normalized spacial score (nSPS) is 12.0. The number of hydrogen-bond acceptors (Lipinski definition) is 0. The smallest absolute Gasteiger partial charge is 0.00187 e. The molecule has 0 fully saturated rings. The number of unbranched alkanes of at least 4 members (excludes halogenated alkanes) is 1. The maximum Gasteiger partial charge on any atom is -0.00187 e. The Hall–Kier alpha value is -1.99. The van der Waals surface area contributed by atoms with E-state index in [1.54, 1.807) is 0 Å². The minimum Gasteiger partial charge on any atom is -0.160 e. The van der Waals surface area contributed by atoms with Crippen LogP contribution in [0.2, 0.25) is 0 Å². The minimum absolute atomic E-state index is 0.973. The zero-order valence-corrected chi connectivity index (χ0v) is 14.2. The first-order valence-corrected chi connectivity index (χ1v) is 9.94. The van der Waals surface area contributed by atoms with Crippen LogP contribution in [0.5, 0.6) is 0 Å². The van der Waals surface area contributed by atoms with Crippen molar-refractivity contribution in [2.45, 2.75) is 27.5 Å². The summed E-state index contributed by atoms with van der Waals surface area (Å²) in [6, 6.07) is 33.0. The van der Waals surface area contributed by atoms with Crippen LogP contribution in [-0.4, -0.2) is 5.75 Å². The highest BCUT2D eigenvalue weighted by Gasteiger charge is 2.29. The van der Waals surface area contributed by atoms with Crippen molar-refractivity contribution >= 4 is 10.0 Å². The van der Waals surface area contributed by atoms with E-state index in [2.05, 4.69) is 97.9 Å². The molecule has 3 aromatic carbocycles. The average Bonchev–Trinajstić information content (AvgIpc) is 2.65. The average molecular weight is 319 g/mol. The molecule has 0 atom stereocenters. The van der Waals surface area contributed by atoms with E-state index in [9.17, 15) is 0 Å². The predicted molar refractivity (Wildman–Crippen MR) is 101 cm³/mol. The first-order chi connectivity index (χ1) is 11.4. The summed E-state index contributed by atoms with van der Waals surface area (Å²) >= 11 is 0. The minimum atomic E-state index is -1.23. The van der Waals surface area contributed by atoms with Gasteiger partial charge in [-0.1, -0.05) is 67.9 Å². The second-order valence-corrected chi connectivity index (χ2v) is 8.89. The molecular formula is C22H23S. The molecule has 1 radical (unpaired) electrons. The lowest BCUT2D eigenvalue weighted by atomic mass is 10.3. The van der Waals surface area contributed by atoms with Gasteiger partial charge in [0.15, 0.2) is 0 Å². The Morgan fingerprint density at radius 2 is 0.913 bits per heavy atom. The molecule has 0 aliphatic carbocycles. The van der Waals surface area contributed by atoms with Crippen molar-refractivity contribution in [2.24, 2.45) is 0 Å². The van der Waals surface area contributed by atoms with Crippen molar-refractivity contribution in [2.75, 3.05) is 5.75 Å². The van der Waals surface area contributed by atoms with Gasteiger partial charge in [0.2, 0.25) is 0 Å². The molecule has 0 aliphatic rings. The molecule has 0 amide bonds. The monoisotopic (exact) mass is 319 g/mol. The van der Waals surface area contributed by atoms with Crippen molar-refractivity contribution in [3.8, 4) is 0 Å². The first kappa shape index (κ1) is 15.9. The van der Waals surface area contributed by atoms with Crippen LogP contribution in [0.1, 0.15) is 12.8 Å². The second-order valence-electron chi connectivity index (χ2n) is 5.59. The summed E-state index contributed by atoms with van der Waals surface area (Å²) in [4.78, 5) is 4.31. The van der Waals surface area contributed by atoms with Crippen molar-refractivity contribution in [1.82, 2.24) is 0 Å². The molecule has 0 spiro atoms. The fourth-order valence-corrected chi connectivity index (χ4v) is 7.06. The quantitative estimate of drug-likeness (QED) is 0.481. The van der Waals surface area contributed by atoms with Gasteiger partial charge < -0.3 is 0 Å². The third-order valence-corrected chi connectivity index (χ3v) is 8.27. The van der Waals surface area contributed by atoms with Gasteiger partial charge in [-0.05, 0) is 63.3 Å². The van der Waals surface area contributed by atoms with Gasteiger partial charge >= 0.3 is 0 Å². The van der Waals surface area contributed by atoms with Crippen molar-refractivity contribution in [3.05, 3.63) is 97.9 Å². The van der Waals surface area contributed by atoms with Crippen LogP contribution >= 0.6 is 10.0 Å². The zero-order valence-electron chi connectivity index (χ0n) is 13.4. The Kier molecular flexibility index (Phi) is 5.19. The van der Waals surface area contributed by atoms with E-state index in [0.717, 1.165) is 18.6 Å². The van der Waals surface area contributed by atoms with E-state index in [-0.39, 0.29) is 0 Å². The van der Waals surface area contributed by atoms with E-state index in [1.165, 1.54) is 14.7 Å². The molecule has 0 bridgehead atoms. The topological polar surface area (TPSA) is 0 Å². The maximum atomic E-state index is 4.08. The van der Waals surface area contributed by atoms with Gasteiger partial charge in [0.25, 0.3) is 0 Å². The highest BCUT2D eigenvalue weighted by molar-refractivity contribution is 8.33. The van der Waals surface area contributed by atoms with Crippen LogP contribution in [0.25, 0.3) is 0 Å².